The second-order valence-electron chi connectivity index (χ2n) is 4.50. The van der Waals surface area contributed by atoms with Crippen molar-refractivity contribution in [2.24, 2.45) is 0 Å². The maximum atomic E-state index is 13.1. The molecular formula is C13H15ClF5NO. The van der Waals surface area contributed by atoms with Gasteiger partial charge in [0.1, 0.15) is 12.4 Å². The molecule has 1 aromatic carbocycles. The first-order chi connectivity index (χ1) is 9.76. The number of hydrogen-bond donors (Lipinski definition) is 1. The van der Waals surface area contributed by atoms with Crippen LogP contribution < -0.4 is 5.32 Å². The SMILES string of the molecule is CNC(COCC(F)(F)C(F)F)Cc1cc(F)ccc1Cl. The van der Waals surface area contributed by atoms with Crippen LogP contribution in [0.25, 0.3) is 0 Å². The number of hydrogen-bond acceptors (Lipinski definition) is 2. The lowest BCUT2D eigenvalue weighted by atomic mass is 10.1. The molecule has 0 aliphatic heterocycles. The summed E-state index contributed by atoms with van der Waals surface area (Å²) in [6.45, 7) is -1.61. The minimum atomic E-state index is -4.19. The fraction of sp³-hybridized carbons (Fsp3) is 0.538. The second-order valence-corrected chi connectivity index (χ2v) is 4.91. The highest BCUT2D eigenvalue weighted by Gasteiger charge is 2.41. The number of benzene rings is 1. The van der Waals surface area contributed by atoms with Gasteiger partial charge in [-0.15, -0.1) is 0 Å². The third-order valence-electron chi connectivity index (χ3n) is 2.82. The Labute approximate surface area is 124 Å². The van der Waals surface area contributed by atoms with Gasteiger partial charge in [0.2, 0.25) is 0 Å². The van der Waals surface area contributed by atoms with E-state index < -0.39 is 30.8 Å². The van der Waals surface area contributed by atoms with Crippen LogP contribution in [0.4, 0.5) is 22.0 Å². The van der Waals surface area contributed by atoms with E-state index in [0.717, 1.165) is 0 Å². The number of halogens is 6. The molecule has 21 heavy (non-hydrogen) atoms. The smallest absolute Gasteiger partial charge is 0.330 e. The van der Waals surface area contributed by atoms with E-state index in [2.05, 4.69) is 10.1 Å². The van der Waals surface area contributed by atoms with Crippen molar-refractivity contribution in [1.82, 2.24) is 5.32 Å². The average molecular weight is 332 g/mol. The van der Waals surface area contributed by atoms with Crippen molar-refractivity contribution in [2.75, 3.05) is 20.3 Å². The maximum absolute atomic E-state index is 13.1. The summed E-state index contributed by atoms with van der Waals surface area (Å²) in [5.41, 5.74) is 0.472. The Hall–Kier alpha value is -0.920. The van der Waals surface area contributed by atoms with Crippen molar-refractivity contribution in [2.45, 2.75) is 24.8 Å². The van der Waals surface area contributed by atoms with Gasteiger partial charge in [0.25, 0.3) is 0 Å². The lowest BCUT2D eigenvalue weighted by molar-refractivity contribution is -0.166. The van der Waals surface area contributed by atoms with Crippen LogP contribution in [0, 0.1) is 5.82 Å². The predicted molar refractivity (Wildman–Crippen MR) is 69.7 cm³/mol. The highest BCUT2D eigenvalue weighted by Crippen LogP contribution is 2.23. The van der Waals surface area contributed by atoms with Gasteiger partial charge in [-0.2, -0.15) is 8.78 Å². The van der Waals surface area contributed by atoms with Crippen LogP contribution in [0.15, 0.2) is 18.2 Å². The van der Waals surface area contributed by atoms with E-state index >= 15 is 0 Å². The van der Waals surface area contributed by atoms with Crippen LogP contribution in [0.2, 0.25) is 5.02 Å². The van der Waals surface area contributed by atoms with Crippen molar-refractivity contribution in [3.05, 3.63) is 34.6 Å². The summed E-state index contributed by atoms with van der Waals surface area (Å²) >= 11 is 5.89. The number of ether oxygens (including phenoxy) is 1. The zero-order chi connectivity index (χ0) is 16.0. The molecule has 1 aromatic rings. The van der Waals surface area contributed by atoms with Gasteiger partial charge in [-0.05, 0) is 37.2 Å². The molecule has 2 nitrogen and oxygen atoms in total. The molecule has 0 radical (unpaired) electrons. The van der Waals surface area contributed by atoms with E-state index in [1.165, 1.54) is 18.2 Å². The van der Waals surface area contributed by atoms with Crippen molar-refractivity contribution in [1.29, 1.82) is 0 Å². The lowest BCUT2D eigenvalue weighted by Gasteiger charge is -2.20. The Kier molecular flexibility index (Phi) is 6.83. The van der Waals surface area contributed by atoms with Gasteiger partial charge in [-0.25, -0.2) is 13.2 Å². The van der Waals surface area contributed by atoms with E-state index in [4.69, 9.17) is 11.6 Å². The van der Waals surface area contributed by atoms with Crippen molar-refractivity contribution in [3.63, 3.8) is 0 Å². The van der Waals surface area contributed by atoms with Gasteiger partial charge >= 0.3 is 12.3 Å². The molecule has 0 fully saturated rings. The van der Waals surface area contributed by atoms with E-state index in [1.54, 1.807) is 7.05 Å². The van der Waals surface area contributed by atoms with E-state index in [9.17, 15) is 22.0 Å². The Balaban J connectivity index is 2.54. The maximum Gasteiger partial charge on any atom is 0.330 e. The molecule has 120 valence electrons. The zero-order valence-corrected chi connectivity index (χ0v) is 11.9. The highest BCUT2D eigenvalue weighted by atomic mass is 35.5. The van der Waals surface area contributed by atoms with Crippen molar-refractivity contribution >= 4 is 11.6 Å². The van der Waals surface area contributed by atoms with Crippen LogP contribution in [0.1, 0.15) is 5.56 Å². The minimum Gasteiger partial charge on any atom is -0.373 e. The molecule has 0 spiro atoms. The molecule has 1 atom stereocenters. The van der Waals surface area contributed by atoms with Gasteiger partial charge in [0, 0.05) is 11.1 Å². The normalized spacial score (nSPS) is 13.7. The van der Waals surface area contributed by atoms with Gasteiger partial charge in [-0.3, -0.25) is 0 Å². The summed E-state index contributed by atoms with van der Waals surface area (Å²) in [7, 11) is 1.55. The number of alkyl halides is 4. The van der Waals surface area contributed by atoms with Gasteiger partial charge in [0.15, 0.2) is 0 Å². The van der Waals surface area contributed by atoms with Gasteiger partial charge in [0.05, 0.1) is 6.61 Å². The number of likely N-dealkylation sites (N-methyl/N-ethyl adjacent to an activating group) is 1. The van der Waals surface area contributed by atoms with Crippen LogP contribution in [-0.4, -0.2) is 38.7 Å². The zero-order valence-electron chi connectivity index (χ0n) is 11.2. The summed E-state index contributed by atoms with van der Waals surface area (Å²) in [5.74, 6) is -4.66. The molecule has 0 saturated carbocycles. The van der Waals surface area contributed by atoms with E-state index in [-0.39, 0.29) is 13.0 Å². The largest absolute Gasteiger partial charge is 0.373 e. The first-order valence-electron chi connectivity index (χ1n) is 6.11. The summed E-state index contributed by atoms with van der Waals surface area (Å²) < 4.78 is 67.0. The first kappa shape index (κ1) is 18.1. The molecule has 0 amide bonds. The summed E-state index contributed by atoms with van der Waals surface area (Å²) in [6, 6.07) is 3.34. The number of nitrogens with one attached hydrogen (secondary N) is 1. The Bertz CT molecular complexity index is 458. The van der Waals surface area contributed by atoms with E-state index in [0.29, 0.717) is 10.6 Å². The topological polar surface area (TPSA) is 21.3 Å². The molecule has 1 N–H and O–H groups in total. The molecule has 1 unspecified atom stereocenters. The monoisotopic (exact) mass is 331 g/mol. The molecule has 0 bridgehead atoms. The molecular weight excluding hydrogens is 317 g/mol. The molecule has 1 rings (SSSR count). The first-order valence-corrected chi connectivity index (χ1v) is 6.49. The van der Waals surface area contributed by atoms with Gasteiger partial charge < -0.3 is 10.1 Å². The summed E-state index contributed by atoms with van der Waals surface area (Å²) in [6.07, 6.45) is -3.56. The standard InChI is InChI=1S/C13H15ClF5NO/c1-20-10(6-21-7-13(18,19)12(16)17)5-8-4-9(15)2-3-11(8)14/h2-4,10,12,20H,5-7H2,1H3. The summed E-state index contributed by atoms with van der Waals surface area (Å²) in [5, 5.41) is 3.10. The fourth-order valence-corrected chi connectivity index (χ4v) is 1.80. The quantitative estimate of drug-likeness (QED) is 0.736. The molecule has 0 aliphatic carbocycles. The summed E-state index contributed by atoms with van der Waals surface area (Å²) in [4.78, 5) is 0. The molecule has 0 aliphatic rings. The van der Waals surface area contributed by atoms with Crippen molar-refractivity contribution in [3.8, 4) is 0 Å². The van der Waals surface area contributed by atoms with E-state index in [1.807, 2.05) is 0 Å². The van der Waals surface area contributed by atoms with Crippen LogP contribution in [-0.2, 0) is 11.2 Å². The molecule has 0 heterocycles. The van der Waals surface area contributed by atoms with Crippen LogP contribution in [0.5, 0.6) is 0 Å². The third kappa shape index (κ3) is 5.76. The fourth-order valence-electron chi connectivity index (χ4n) is 1.61. The Morgan fingerprint density at radius 3 is 2.57 bits per heavy atom. The minimum absolute atomic E-state index is 0.216. The Morgan fingerprint density at radius 2 is 2.00 bits per heavy atom. The van der Waals surface area contributed by atoms with Crippen LogP contribution in [0.3, 0.4) is 0 Å². The van der Waals surface area contributed by atoms with Crippen molar-refractivity contribution < 1.29 is 26.7 Å². The molecule has 8 heteroatoms. The average Bonchev–Trinajstić information content (AvgIpc) is 2.41. The Morgan fingerprint density at radius 1 is 1.33 bits per heavy atom. The number of rotatable bonds is 8. The molecule has 0 saturated heterocycles. The lowest BCUT2D eigenvalue weighted by Crippen LogP contribution is -2.37. The highest BCUT2D eigenvalue weighted by molar-refractivity contribution is 6.31. The molecule has 0 aromatic heterocycles. The van der Waals surface area contributed by atoms with Gasteiger partial charge in [-0.1, -0.05) is 11.6 Å². The predicted octanol–water partition coefficient (Wildman–Crippen LogP) is 3.53. The second kappa shape index (κ2) is 7.91. The third-order valence-corrected chi connectivity index (χ3v) is 3.18. The van der Waals surface area contributed by atoms with Crippen LogP contribution >= 0.6 is 11.6 Å².